The molecule has 0 spiro atoms. The molecule has 0 bridgehead atoms. The van der Waals surface area contributed by atoms with E-state index < -0.39 is 0 Å². The molecular formula is C17H26N2O. The lowest BCUT2D eigenvalue weighted by Crippen LogP contribution is -2.28. The second kappa shape index (κ2) is 7.46. The van der Waals surface area contributed by atoms with Crippen molar-refractivity contribution in [2.45, 2.75) is 20.3 Å². The Morgan fingerprint density at radius 3 is 2.85 bits per heavy atom. The number of rotatable bonds is 4. The van der Waals surface area contributed by atoms with E-state index in [-0.39, 0.29) is 0 Å². The van der Waals surface area contributed by atoms with Gasteiger partial charge in [0.05, 0.1) is 7.11 Å². The lowest BCUT2D eigenvalue weighted by Gasteiger charge is -2.16. The average Bonchev–Trinajstić information content (AvgIpc) is 2.71. The van der Waals surface area contributed by atoms with Gasteiger partial charge in [0.25, 0.3) is 0 Å². The Morgan fingerprint density at radius 2 is 2.05 bits per heavy atom. The van der Waals surface area contributed by atoms with Crippen LogP contribution in [0.3, 0.4) is 0 Å². The number of hydrogen-bond donors (Lipinski definition) is 1. The summed E-state index contributed by atoms with van der Waals surface area (Å²) in [5, 5.41) is 3.43. The molecule has 0 saturated carbocycles. The third kappa shape index (κ3) is 4.09. The largest absolute Gasteiger partial charge is 0.496 e. The molecule has 110 valence electrons. The van der Waals surface area contributed by atoms with Crippen LogP contribution in [0.1, 0.15) is 23.1 Å². The third-order valence-electron chi connectivity index (χ3n) is 3.88. The highest BCUT2D eigenvalue weighted by Gasteiger charge is 2.06. The first-order valence-electron chi connectivity index (χ1n) is 7.45. The molecule has 1 fully saturated rings. The predicted octanol–water partition coefficient (Wildman–Crippen LogP) is 2.62. The maximum absolute atomic E-state index is 5.36. The van der Waals surface area contributed by atoms with Crippen molar-refractivity contribution in [3.8, 4) is 5.75 Å². The Hall–Kier alpha value is -1.32. The summed E-state index contributed by atoms with van der Waals surface area (Å²) >= 11 is 0. The molecule has 0 radical (unpaired) electrons. The Labute approximate surface area is 122 Å². The van der Waals surface area contributed by atoms with E-state index in [1.54, 1.807) is 7.11 Å². The van der Waals surface area contributed by atoms with Crippen LogP contribution in [-0.2, 0) is 0 Å². The zero-order chi connectivity index (χ0) is 14.4. The minimum Gasteiger partial charge on any atom is -0.496 e. The molecule has 1 aliphatic heterocycles. The molecule has 1 aromatic rings. The van der Waals surface area contributed by atoms with E-state index in [4.69, 9.17) is 4.74 Å². The monoisotopic (exact) mass is 274 g/mol. The molecule has 3 nitrogen and oxygen atoms in total. The lowest BCUT2D eigenvalue weighted by atomic mass is 10.0. The van der Waals surface area contributed by atoms with Crippen molar-refractivity contribution in [2.24, 2.45) is 0 Å². The van der Waals surface area contributed by atoms with Gasteiger partial charge < -0.3 is 10.1 Å². The first kappa shape index (κ1) is 15.1. The summed E-state index contributed by atoms with van der Waals surface area (Å²) in [6, 6.07) is 4.32. The summed E-state index contributed by atoms with van der Waals surface area (Å²) in [6.45, 7) is 9.86. The predicted molar refractivity (Wildman–Crippen MR) is 85.4 cm³/mol. The zero-order valence-corrected chi connectivity index (χ0v) is 12.9. The minimum atomic E-state index is 0.971. The number of ether oxygens (including phenoxy) is 1. The summed E-state index contributed by atoms with van der Waals surface area (Å²) in [7, 11) is 1.73. The first-order chi connectivity index (χ1) is 9.70. The Morgan fingerprint density at radius 1 is 1.20 bits per heavy atom. The van der Waals surface area contributed by atoms with E-state index in [0.29, 0.717) is 0 Å². The number of hydrogen-bond acceptors (Lipinski definition) is 3. The van der Waals surface area contributed by atoms with Gasteiger partial charge in [-0.05, 0) is 62.2 Å². The van der Waals surface area contributed by atoms with Crippen LogP contribution < -0.4 is 10.1 Å². The maximum atomic E-state index is 5.36. The van der Waals surface area contributed by atoms with E-state index in [1.807, 2.05) is 0 Å². The number of aryl methyl sites for hydroxylation is 2. The maximum Gasteiger partial charge on any atom is 0.122 e. The molecule has 2 rings (SSSR count). The van der Waals surface area contributed by atoms with Crippen LogP contribution >= 0.6 is 0 Å². The lowest BCUT2D eigenvalue weighted by molar-refractivity contribution is 0.324. The molecule has 0 unspecified atom stereocenters. The van der Waals surface area contributed by atoms with E-state index in [9.17, 15) is 0 Å². The molecule has 1 saturated heterocycles. The fourth-order valence-corrected chi connectivity index (χ4v) is 2.62. The van der Waals surface area contributed by atoms with Crippen LogP contribution in [-0.4, -0.2) is 44.7 Å². The van der Waals surface area contributed by atoms with Crippen LogP contribution in [0.15, 0.2) is 18.2 Å². The van der Waals surface area contributed by atoms with Gasteiger partial charge in [-0.2, -0.15) is 0 Å². The zero-order valence-electron chi connectivity index (χ0n) is 12.9. The van der Waals surface area contributed by atoms with Gasteiger partial charge in [0.1, 0.15) is 5.75 Å². The standard InChI is InChI=1S/C17H26N2O/c1-14-13-17(20-3)15(2)12-16(14)6-4-9-19-10-5-7-18-8-11-19/h4,6,12-13,18H,5,7-11H2,1-3H3/b6-4+. The van der Waals surface area contributed by atoms with Gasteiger partial charge in [-0.3, -0.25) is 4.90 Å². The van der Waals surface area contributed by atoms with E-state index in [0.717, 1.165) is 31.9 Å². The molecule has 0 aliphatic carbocycles. The second-order valence-electron chi connectivity index (χ2n) is 5.48. The molecule has 1 aliphatic rings. The Balaban J connectivity index is 1.98. The quantitative estimate of drug-likeness (QED) is 0.913. The number of nitrogens with zero attached hydrogens (tertiary/aromatic N) is 1. The van der Waals surface area contributed by atoms with Gasteiger partial charge in [0, 0.05) is 19.6 Å². The van der Waals surface area contributed by atoms with Crippen LogP contribution in [0, 0.1) is 13.8 Å². The van der Waals surface area contributed by atoms with Gasteiger partial charge in [-0.1, -0.05) is 12.2 Å². The van der Waals surface area contributed by atoms with Crippen molar-refractivity contribution in [3.05, 3.63) is 34.9 Å². The number of methoxy groups -OCH3 is 1. The number of nitrogens with one attached hydrogen (secondary N) is 1. The summed E-state index contributed by atoms with van der Waals surface area (Å²) in [6.07, 6.45) is 5.76. The molecular weight excluding hydrogens is 248 g/mol. The van der Waals surface area contributed by atoms with Crippen molar-refractivity contribution in [2.75, 3.05) is 39.8 Å². The van der Waals surface area contributed by atoms with Crippen molar-refractivity contribution < 1.29 is 4.74 Å². The van der Waals surface area contributed by atoms with Crippen LogP contribution in [0.4, 0.5) is 0 Å². The SMILES string of the molecule is COc1cc(C)c(/C=C/CN2CCCNCC2)cc1C. The van der Waals surface area contributed by atoms with Crippen molar-refractivity contribution in [1.82, 2.24) is 10.2 Å². The Bertz CT molecular complexity index is 460. The van der Waals surface area contributed by atoms with Crippen molar-refractivity contribution in [3.63, 3.8) is 0 Å². The molecule has 3 heteroatoms. The fraction of sp³-hybridized carbons (Fsp3) is 0.529. The fourth-order valence-electron chi connectivity index (χ4n) is 2.62. The highest BCUT2D eigenvalue weighted by molar-refractivity contribution is 5.57. The average molecular weight is 274 g/mol. The van der Waals surface area contributed by atoms with Gasteiger partial charge in [0.2, 0.25) is 0 Å². The molecule has 0 atom stereocenters. The number of benzene rings is 1. The van der Waals surface area contributed by atoms with Gasteiger partial charge in [-0.15, -0.1) is 0 Å². The highest BCUT2D eigenvalue weighted by Crippen LogP contribution is 2.23. The van der Waals surface area contributed by atoms with Crippen molar-refractivity contribution >= 4 is 6.08 Å². The third-order valence-corrected chi connectivity index (χ3v) is 3.88. The van der Waals surface area contributed by atoms with E-state index >= 15 is 0 Å². The van der Waals surface area contributed by atoms with Gasteiger partial charge >= 0.3 is 0 Å². The highest BCUT2D eigenvalue weighted by atomic mass is 16.5. The van der Waals surface area contributed by atoms with Gasteiger partial charge in [0.15, 0.2) is 0 Å². The minimum absolute atomic E-state index is 0.971. The second-order valence-corrected chi connectivity index (χ2v) is 5.48. The molecule has 1 N–H and O–H groups in total. The normalized spacial score (nSPS) is 17.4. The summed E-state index contributed by atoms with van der Waals surface area (Å²) < 4.78 is 5.36. The van der Waals surface area contributed by atoms with Crippen LogP contribution in [0.25, 0.3) is 6.08 Å². The molecule has 1 heterocycles. The van der Waals surface area contributed by atoms with Crippen LogP contribution in [0.2, 0.25) is 0 Å². The Kier molecular flexibility index (Phi) is 5.62. The first-order valence-corrected chi connectivity index (χ1v) is 7.45. The van der Waals surface area contributed by atoms with Gasteiger partial charge in [-0.25, -0.2) is 0 Å². The molecule has 0 aromatic heterocycles. The molecule has 1 aromatic carbocycles. The summed E-state index contributed by atoms with van der Waals surface area (Å²) in [5.41, 5.74) is 3.74. The van der Waals surface area contributed by atoms with Crippen molar-refractivity contribution in [1.29, 1.82) is 0 Å². The van der Waals surface area contributed by atoms with E-state index in [1.165, 1.54) is 29.7 Å². The van der Waals surface area contributed by atoms with Crippen LogP contribution in [0.5, 0.6) is 5.75 Å². The van der Waals surface area contributed by atoms with E-state index in [2.05, 4.69) is 48.3 Å². The smallest absolute Gasteiger partial charge is 0.122 e. The topological polar surface area (TPSA) is 24.5 Å². The summed E-state index contributed by atoms with van der Waals surface area (Å²) in [4.78, 5) is 2.50. The summed E-state index contributed by atoms with van der Waals surface area (Å²) in [5.74, 6) is 0.971. The molecule has 20 heavy (non-hydrogen) atoms. The molecule has 0 amide bonds.